The highest BCUT2D eigenvalue weighted by Gasteiger charge is 2.27. The molecule has 0 atom stereocenters. The molecule has 6 nitrogen and oxygen atoms in total. The van der Waals surface area contributed by atoms with Crippen LogP contribution in [0, 0.1) is 0 Å². The Bertz CT molecular complexity index is 155. The SMILES string of the molecule is C1CN(N2CC[N+]=N2)N=N1. The topological polar surface area (TPSA) is 57.7 Å². The number of hydrogen-bond acceptors (Lipinski definition) is 6. The molecule has 1 radical (unpaired) electrons. The molecule has 0 bridgehead atoms. The first-order valence-electron chi connectivity index (χ1n) is 3.26. The molecule has 10 heavy (non-hydrogen) atoms. The molecule has 0 fully saturated rings. The molecule has 0 aromatic rings. The summed E-state index contributed by atoms with van der Waals surface area (Å²) in [5, 5.41) is 18.8. The Morgan fingerprint density at radius 3 is 2.80 bits per heavy atom. The molecule has 0 aromatic carbocycles. The first-order chi connectivity index (χ1) is 4.97. The second-order valence-electron chi connectivity index (χ2n) is 2.10. The van der Waals surface area contributed by atoms with E-state index in [1.54, 1.807) is 10.2 Å². The van der Waals surface area contributed by atoms with Crippen LogP contribution >= 0.6 is 0 Å². The van der Waals surface area contributed by atoms with E-state index in [4.69, 9.17) is 0 Å². The molecule has 0 saturated carbocycles. The standard InChI is InChI=1S/C4H8N6/c1-3-9(7-5-1)10-4-2-6-8-10/h1-4H2/q+1. The van der Waals surface area contributed by atoms with Crippen LogP contribution in [0.15, 0.2) is 15.6 Å². The Balaban J connectivity index is 1.98. The Hall–Kier alpha value is -1.20. The third-order valence-corrected chi connectivity index (χ3v) is 1.40. The van der Waals surface area contributed by atoms with Gasteiger partial charge in [-0.05, 0) is 10.3 Å². The van der Waals surface area contributed by atoms with Gasteiger partial charge < -0.3 is 0 Å². The van der Waals surface area contributed by atoms with Gasteiger partial charge in [0.25, 0.3) is 0 Å². The van der Waals surface area contributed by atoms with Gasteiger partial charge in [0.1, 0.15) is 6.54 Å². The molecule has 53 valence electrons. The second-order valence-corrected chi connectivity index (χ2v) is 2.10. The highest BCUT2D eigenvalue weighted by molar-refractivity contribution is 4.57. The van der Waals surface area contributed by atoms with Crippen molar-refractivity contribution in [2.75, 3.05) is 26.2 Å². The van der Waals surface area contributed by atoms with Gasteiger partial charge >= 0.3 is 0 Å². The van der Waals surface area contributed by atoms with Crippen molar-refractivity contribution in [3.63, 3.8) is 0 Å². The molecular weight excluding hydrogens is 132 g/mol. The van der Waals surface area contributed by atoms with Crippen molar-refractivity contribution < 1.29 is 0 Å². The van der Waals surface area contributed by atoms with E-state index in [0.717, 1.165) is 26.2 Å². The van der Waals surface area contributed by atoms with Crippen LogP contribution < -0.4 is 5.11 Å². The second kappa shape index (κ2) is 2.20. The summed E-state index contributed by atoms with van der Waals surface area (Å²) < 4.78 is 0. The van der Waals surface area contributed by atoms with Gasteiger partial charge in [0, 0.05) is 5.11 Å². The van der Waals surface area contributed by atoms with Gasteiger partial charge in [-0.2, -0.15) is 5.11 Å². The summed E-state index contributed by atoms with van der Waals surface area (Å²) >= 11 is 0. The quantitative estimate of drug-likeness (QED) is 0.497. The molecule has 0 N–H and O–H groups in total. The highest BCUT2D eigenvalue weighted by atomic mass is 15.9. The van der Waals surface area contributed by atoms with Crippen molar-refractivity contribution in [3.05, 3.63) is 0 Å². The minimum absolute atomic E-state index is 0.770. The van der Waals surface area contributed by atoms with E-state index in [0.29, 0.717) is 0 Å². The van der Waals surface area contributed by atoms with Crippen LogP contribution in [0.1, 0.15) is 0 Å². The van der Waals surface area contributed by atoms with Crippen molar-refractivity contribution >= 4 is 0 Å². The van der Waals surface area contributed by atoms with E-state index in [-0.39, 0.29) is 0 Å². The lowest BCUT2D eigenvalue weighted by molar-refractivity contribution is -0.00120. The monoisotopic (exact) mass is 140 g/mol. The van der Waals surface area contributed by atoms with E-state index < -0.39 is 0 Å². The van der Waals surface area contributed by atoms with Gasteiger partial charge in [0.05, 0.1) is 6.54 Å². The third-order valence-electron chi connectivity index (χ3n) is 1.40. The maximum absolute atomic E-state index is 3.85. The van der Waals surface area contributed by atoms with Crippen LogP contribution in [0.2, 0.25) is 0 Å². The average molecular weight is 140 g/mol. The molecule has 0 aromatic heterocycles. The summed E-state index contributed by atoms with van der Waals surface area (Å²) in [6.45, 7) is 3.20. The van der Waals surface area contributed by atoms with Gasteiger partial charge in [0.2, 0.25) is 0 Å². The smallest absolute Gasteiger partial charge is 0.166 e. The first-order valence-corrected chi connectivity index (χ1v) is 3.26. The molecule has 2 rings (SSSR count). The molecule has 0 spiro atoms. The van der Waals surface area contributed by atoms with Gasteiger partial charge in [-0.1, -0.05) is 5.12 Å². The molecule has 0 aliphatic carbocycles. The van der Waals surface area contributed by atoms with Crippen LogP contribution in [0.5, 0.6) is 0 Å². The summed E-state index contributed by atoms with van der Waals surface area (Å²) in [6.07, 6.45) is 0. The van der Waals surface area contributed by atoms with Crippen molar-refractivity contribution in [2.24, 2.45) is 15.6 Å². The van der Waals surface area contributed by atoms with Crippen LogP contribution in [0.3, 0.4) is 0 Å². The largest absolute Gasteiger partial charge is 0.199 e. The fraction of sp³-hybridized carbons (Fsp3) is 1.00. The van der Waals surface area contributed by atoms with Crippen molar-refractivity contribution in [3.8, 4) is 0 Å². The van der Waals surface area contributed by atoms with E-state index in [2.05, 4.69) is 20.7 Å². The minimum Gasteiger partial charge on any atom is -0.166 e. The fourth-order valence-electron chi connectivity index (χ4n) is 0.916. The van der Waals surface area contributed by atoms with Crippen molar-refractivity contribution in [2.45, 2.75) is 0 Å². The van der Waals surface area contributed by atoms with E-state index in [1.807, 2.05) is 0 Å². The zero-order valence-corrected chi connectivity index (χ0v) is 5.51. The van der Waals surface area contributed by atoms with Crippen molar-refractivity contribution in [1.82, 2.24) is 15.4 Å². The summed E-state index contributed by atoms with van der Waals surface area (Å²) in [4.78, 5) is 0. The van der Waals surface area contributed by atoms with E-state index in [9.17, 15) is 0 Å². The Kier molecular flexibility index (Phi) is 1.23. The fourth-order valence-corrected chi connectivity index (χ4v) is 0.916. The summed E-state index contributed by atoms with van der Waals surface area (Å²) in [5.74, 6) is 0. The molecule has 2 aliphatic rings. The number of hydrazine groups is 1. The number of nitrogens with zero attached hydrogens (tertiary/aromatic N) is 6. The highest BCUT2D eigenvalue weighted by Crippen LogP contribution is 2.06. The zero-order valence-electron chi connectivity index (χ0n) is 5.51. The maximum atomic E-state index is 3.85. The molecule has 2 aliphatic heterocycles. The van der Waals surface area contributed by atoms with Gasteiger partial charge in [-0.25, -0.2) is 0 Å². The molecule has 0 saturated heterocycles. The lowest BCUT2D eigenvalue weighted by Crippen LogP contribution is -2.32. The van der Waals surface area contributed by atoms with Gasteiger partial charge in [-0.3, -0.25) is 0 Å². The van der Waals surface area contributed by atoms with Crippen LogP contribution in [-0.4, -0.2) is 36.4 Å². The first kappa shape index (κ1) is 5.57. The number of rotatable bonds is 1. The number of hydrogen-bond donors (Lipinski definition) is 0. The lowest BCUT2D eigenvalue weighted by Gasteiger charge is -2.09. The minimum atomic E-state index is 0.770. The predicted octanol–water partition coefficient (Wildman–Crippen LogP) is -0.397. The summed E-state index contributed by atoms with van der Waals surface area (Å²) in [6, 6.07) is 0. The molecule has 0 amide bonds. The molecule has 6 heteroatoms. The van der Waals surface area contributed by atoms with Crippen LogP contribution in [0.25, 0.3) is 0 Å². The molecule has 0 unspecified atom stereocenters. The Labute approximate surface area is 58.1 Å². The summed E-state index contributed by atoms with van der Waals surface area (Å²) in [7, 11) is 0. The zero-order chi connectivity index (χ0) is 6.81. The lowest BCUT2D eigenvalue weighted by atomic mass is 10.6. The molecular formula is C4H8N6+. The van der Waals surface area contributed by atoms with Crippen molar-refractivity contribution in [1.29, 1.82) is 0 Å². The van der Waals surface area contributed by atoms with E-state index >= 15 is 0 Å². The Morgan fingerprint density at radius 1 is 1.20 bits per heavy atom. The van der Waals surface area contributed by atoms with Gasteiger partial charge in [-0.15, -0.1) is 0 Å². The average Bonchev–Trinajstić information content (AvgIpc) is 2.59. The third kappa shape index (κ3) is 0.810. The molecule has 2 heterocycles. The van der Waals surface area contributed by atoms with Crippen LogP contribution in [0.4, 0.5) is 0 Å². The van der Waals surface area contributed by atoms with E-state index in [1.165, 1.54) is 0 Å². The Morgan fingerprint density at radius 2 is 2.20 bits per heavy atom. The maximum Gasteiger partial charge on any atom is 0.199 e. The summed E-state index contributed by atoms with van der Waals surface area (Å²) in [5.41, 5.74) is 0. The van der Waals surface area contributed by atoms with Crippen LogP contribution in [-0.2, 0) is 0 Å². The van der Waals surface area contributed by atoms with Gasteiger partial charge in [0.15, 0.2) is 18.3 Å². The predicted molar refractivity (Wildman–Crippen MR) is 32.6 cm³/mol. The normalized spacial score (nSPS) is 23.2.